The van der Waals surface area contributed by atoms with Crippen LogP contribution in [0.1, 0.15) is 37.4 Å². The van der Waals surface area contributed by atoms with Crippen molar-refractivity contribution in [1.82, 2.24) is 5.32 Å². The molecule has 0 bridgehead atoms. The molecule has 3 N–H and O–H groups in total. The Hall–Kier alpha value is -1.95. The highest BCUT2D eigenvalue weighted by molar-refractivity contribution is 5.83. The quantitative estimate of drug-likeness (QED) is 0.713. The topological polar surface area (TPSA) is 86.6 Å². The number of carboxylic acids is 1. The highest BCUT2D eigenvalue weighted by Gasteiger charge is 2.30. The summed E-state index contributed by atoms with van der Waals surface area (Å²) in [6.45, 7) is 0. The van der Waals surface area contributed by atoms with E-state index in [-0.39, 0.29) is 6.42 Å². The fourth-order valence-corrected chi connectivity index (χ4v) is 2.17. The Morgan fingerprint density at radius 2 is 2.10 bits per heavy atom. The summed E-state index contributed by atoms with van der Waals surface area (Å²) < 4.78 is 13.0. The standard InChI is InChI=1S/C15H18FNO4/c16-11-3-1-2-10(7-11)13(18)8-14(19)17-12(15(20)21)6-9-4-5-9/h1-3,7,9,12-13,18H,4-6,8H2,(H,17,19)(H,20,21). The molecule has 1 aliphatic rings. The third-order valence-corrected chi connectivity index (χ3v) is 3.51. The maximum absolute atomic E-state index is 13.0. The van der Waals surface area contributed by atoms with Crippen LogP contribution in [0.25, 0.3) is 0 Å². The number of amides is 1. The van der Waals surface area contributed by atoms with Gasteiger partial charge in [0.2, 0.25) is 5.91 Å². The van der Waals surface area contributed by atoms with Gasteiger partial charge in [0.25, 0.3) is 0 Å². The molecule has 1 amide bonds. The fourth-order valence-electron chi connectivity index (χ4n) is 2.17. The molecular weight excluding hydrogens is 277 g/mol. The van der Waals surface area contributed by atoms with E-state index in [9.17, 15) is 19.1 Å². The molecule has 0 heterocycles. The van der Waals surface area contributed by atoms with Gasteiger partial charge in [-0.05, 0) is 30.0 Å². The molecule has 1 aliphatic carbocycles. The predicted molar refractivity (Wildman–Crippen MR) is 72.9 cm³/mol. The largest absolute Gasteiger partial charge is 0.480 e. The number of hydrogen-bond acceptors (Lipinski definition) is 3. The number of nitrogens with one attached hydrogen (secondary N) is 1. The molecular formula is C15H18FNO4. The molecule has 114 valence electrons. The summed E-state index contributed by atoms with van der Waals surface area (Å²) in [6.07, 6.45) is 0.947. The molecule has 0 spiro atoms. The molecule has 0 saturated heterocycles. The van der Waals surface area contributed by atoms with E-state index in [0.717, 1.165) is 18.9 Å². The van der Waals surface area contributed by atoms with E-state index in [4.69, 9.17) is 5.11 Å². The Labute approximate surface area is 121 Å². The van der Waals surface area contributed by atoms with Gasteiger partial charge in [-0.2, -0.15) is 0 Å². The van der Waals surface area contributed by atoms with Gasteiger partial charge in [-0.15, -0.1) is 0 Å². The lowest BCUT2D eigenvalue weighted by Gasteiger charge is -2.16. The van der Waals surface area contributed by atoms with Crippen LogP contribution in [0, 0.1) is 11.7 Å². The number of rotatable bonds is 7. The first-order valence-electron chi connectivity index (χ1n) is 6.91. The lowest BCUT2D eigenvalue weighted by Crippen LogP contribution is -2.41. The lowest BCUT2D eigenvalue weighted by atomic mass is 10.1. The van der Waals surface area contributed by atoms with Gasteiger partial charge in [0.15, 0.2) is 0 Å². The Morgan fingerprint density at radius 3 is 2.67 bits per heavy atom. The normalized spacial score (nSPS) is 17.0. The molecule has 0 aliphatic heterocycles. The molecule has 2 rings (SSSR count). The Morgan fingerprint density at radius 1 is 1.38 bits per heavy atom. The van der Waals surface area contributed by atoms with Gasteiger partial charge in [0, 0.05) is 0 Å². The maximum atomic E-state index is 13.0. The third kappa shape index (κ3) is 4.82. The van der Waals surface area contributed by atoms with Gasteiger partial charge in [0.1, 0.15) is 11.9 Å². The van der Waals surface area contributed by atoms with Crippen molar-refractivity contribution in [2.45, 2.75) is 37.8 Å². The van der Waals surface area contributed by atoms with E-state index in [2.05, 4.69) is 5.32 Å². The van der Waals surface area contributed by atoms with Crippen molar-refractivity contribution in [3.05, 3.63) is 35.6 Å². The van der Waals surface area contributed by atoms with E-state index in [0.29, 0.717) is 17.9 Å². The highest BCUT2D eigenvalue weighted by Crippen LogP contribution is 2.33. The molecule has 6 heteroatoms. The average molecular weight is 295 g/mol. The van der Waals surface area contributed by atoms with Crippen LogP contribution in [-0.2, 0) is 9.59 Å². The van der Waals surface area contributed by atoms with Crippen molar-refractivity contribution in [2.75, 3.05) is 0 Å². The van der Waals surface area contributed by atoms with Crippen LogP contribution in [0.5, 0.6) is 0 Å². The Bertz CT molecular complexity index is 530. The second-order valence-electron chi connectivity index (χ2n) is 5.41. The minimum absolute atomic E-state index is 0.291. The molecule has 1 aromatic rings. The van der Waals surface area contributed by atoms with Crippen LogP contribution in [0.2, 0.25) is 0 Å². The number of carbonyl (C=O) groups excluding carboxylic acids is 1. The average Bonchev–Trinajstić information content (AvgIpc) is 3.21. The first kappa shape index (κ1) is 15.4. The zero-order valence-corrected chi connectivity index (χ0v) is 11.5. The minimum atomic E-state index is -1.16. The third-order valence-electron chi connectivity index (χ3n) is 3.51. The molecule has 0 aromatic heterocycles. The number of aliphatic hydroxyl groups is 1. The molecule has 2 unspecified atom stereocenters. The summed E-state index contributed by atoms with van der Waals surface area (Å²) >= 11 is 0. The monoisotopic (exact) mass is 295 g/mol. The number of hydrogen-bond donors (Lipinski definition) is 3. The second kappa shape index (κ2) is 6.67. The van der Waals surface area contributed by atoms with Crippen molar-refractivity contribution in [2.24, 2.45) is 5.92 Å². The molecule has 2 atom stereocenters. The van der Waals surface area contributed by atoms with E-state index in [1.165, 1.54) is 18.2 Å². The van der Waals surface area contributed by atoms with Crippen molar-refractivity contribution >= 4 is 11.9 Å². The van der Waals surface area contributed by atoms with Crippen molar-refractivity contribution < 1.29 is 24.2 Å². The van der Waals surface area contributed by atoms with Gasteiger partial charge in [-0.3, -0.25) is 4.79 Å². The Kier molecular flexibility index (Phi) is 4.90. The van der Waals surface area contributed by atoms with Crippen molar-refractivity contribution in [1.29, 1.82) is 0 Å². The van der Waals surface area contributed by atoms with Crippen LogP contribution < -0.4 is 5.32 Å². The van der Waals surface area contributed by atoms with E-state index in [1.807, 2.05) is 0 Å². The molecule has 1 saturated carbocycles. The SMILES string of the molecule is O=C(CC(O)c1cccc(F)c1)NC(CC1CC1)C(=O)O. The molecule has 1 aromatic carbocycles. The maximum Gasteiger partial charge on any atom is 0.326 e. The first-order chi connectivity index (χ1) is 9.95. The van der Waals surface area contributed by atoms with Gasteiger partial charge in [-0.25, -0.2) is 9.18 Å². The summed E-state index contributed by atoms with van der Waals surface area (Å²) in [5.41, 5.74) is 0.291. The summed E-state index contributed by atoms with van der Waals surface area (Å²) in [5, 5.41) is 21.4. The van der Waals surface area contributed by atoms with Crippen molar-refractivity contribution in [3.8, 4) is 0 Å². The zero-order valence-electron chi connectivity index (χ0n) is 11.5. The predicted octanol–water partition coefficient (Wildman–Crippen LogP) is 1.62. The van der Waals surface area contributed by atoms with Gasteiger partial charge in [-0.1, -0.05) is 25.0 Å². The molecule has 1 fully saturated rings. The van der Waals surface area contributed by atoms with Crippen molar-refractivity contribution in [3.63, 3.8) is 0 Å². The number of carbonyl (C=O) groups is 2. The van der Waals surface area contributed by atoms with Crippen LogP contribution in [0.3, 0.4) is 0 Å². The molecule has 21 heavy (non-hydrogen) atoms. The summed E-state index contributed by atoms with van der Waals surface area (Å²) in [7, 11) is 0. The second-order valence-corrected chi connectivity index (χ2v) is 5.41. The van der Waals surface area contributed by atoms with Crippen LogP contribution in [0.4, 0.5) is 4.39 Å². The number of aliphatic hydroxyl groups excluding tert-OH is 1. The summed E-state index contributed by atoms with van der Waals surface area (Å²) in [5.74, 6) is -1.76. The first-order valence-corrected chi connectivity index (χ1v) is 6.91. The summed E-state index contributed by atoms with van der Waals surface area (Å²) in [6, 6.07) is 4.42. The van der Waals surface area contributed by atoms with Crippen LogP contribution >= 0.6 is 0 Å². The minimum Gasteiger partial charge on any atom is -0.480 e. The highest BCUT2D eigenvalue weighted by atomic mass is 19.1. The number of aliphatic carboxylic acids is 1. The summed E-state index contributed by atoms with van der Waals surface area (Å²) in [4.78, 5) is 22.9. The zero-order chi connectivity index (χ0) is 15.4. The smallest absolute Gasteiger partial charge is 0.326 e. The van der Waals surface area contributed by atoms with Gasteiger partial charge < -0.3 is 15.5 Å². The molecule has 0 radical (unpaired) electrons. The number of halogens is 1. The van der Waals surface area contributed by atoms with Gasteiger partial charge >= 0.3 is 5.97 Å². The molecule has 5 nitrogen and oxygen atoms in total. The van der Waals surface area contributed by atoms with Gasteiger partial charge in [0.05, 0.1) is 12.5 Å². The van der Waals surface area contributed by atoms with E-state index in [1.54, 1.807) is 0 Å². The number of benzene rings is 1. The lowest BCUT2D eigenvalue weighted by molar-refractivity contribution is -0.142. The Balaban J connectivity index is 1.88. The number of carboxylic acid groups (broad SMARTS) is 1. The van der Waals surface area contributed by atoms with Crippen LogP contribution in [0.15, 0.2) is 24.3 Å². The van der Waals surface area contributed by atoms with E-state index >= 15 is 0 Å². The van der Waals surface area contributed by atoms with E-state index < -0.39 is 29.8 Å². The fraction of sp³-hybridized carbons (Fsp3) is 0.467. The van der Waals surface area contributed by atoms with Crippen LogP contribution in [-0.4, -0.2) is 28.1 Å².